The van der Waals surface area contributed by atoms with Crippen LogP contribution in [0.3, 0.4) is 0 Å². The average molecular weight is 480 g/mol. The lowest BCUT2D eigenvalue weighted by Gasteiger charge is -2.09. The van der Waals surface area contributed by atoms with Crippen LogP contribution in [0.25, 0.3) is 11.4 Å². The van der Waals surface area contributed by atoms with Gasteiger partial charge in [0.05, 0.1) is 9.95 Å². The molecule has 0 aliphatic heterocycles. The Hall–Kier alpha value is -3.70. The molecule has 3 rings (SSSR count). The molecule has 11 nitrogen and oxygen atoms in total. The predicted molar refractivity (Wildman–Crippen MR) is 114 cm³/mol. The molecule has 1 aromatic heterocycles. The summed E-state index contributed by atoms with van der Waals surface area (Å²) in [7, 11) is 0. The Labute approximate surface area is 190 Å². The monoisotopic (exact) mass is 479 g/mol. The first-order chi connectivity index (χ1) is 15.3. The van der Waals surface area contributed by atoms with Crippen molar-refractivity contribution in [3.63, 3.8) is 0 Å². The molecular weight excluding hydrogens is 465 g/mol. The molecule has 0 fully saturated rings. The number of halogens is 2. The molecule has 0 saturated heterocycles. The summed E-state index contributed by atoms with van der Waals surface area (Å²) in [4.78, 5) is 38.2. The van der Waals surface area contributed by atoms with Gasteiger partial charge in [0.2, 0.25) is 5.82 Å². The van der Waals surface area contributed by atoms with Gasteiger partial charge in [0.15, 0.2) is 6.61 Å². The highest BCUT2D eigenvalue weighted by Crippen LogP contribution is 2.27. The van der Waals surface area contributed by atoms with Crippen LogP contribution in [0.1, 0.15) is 10.7 Å². The number of hydrogen-bond acceptors (Lipinski definition) is 8. The number of carbonyl (C=O) groups excluding carboxylic acids is 2. The SMILES string of the molecule is O=C(COc1ccc(Cl)cc1Cl)NCCNC(=O)c1nc(-c2cccc([N+](=O)[O-])c2)no1. The number of aromatic nitrogens is 2. The highest BCUT2D eigenvalue weighted by Gasteiger charge is 2.17. The van der Waals surface area contributed by atoms with Crippen molar-refractivity contribution >= 4 is 40.7 Å². The van der Waals surface area contributed by atoms with E-state index < -0.39 is 16.7 Å². The molecule has 166 valence electrons. The molecule has 32 heavy (non-hydrogen) atoms. The lowest BCUT2D eigenvalue weighted by atomic mass is 10.2. The van der Waals surface area contributed by atoms with Gasteiger partial charge in [0, 0.05) is 35.8 Å². The molecule has 0 aliphatic rings. The molecule has 0 atom stereocenters. The fourth-order valence-electron chi connectivity index (χ4n) is 2.43. The summed E-state index contributed by atoms with van der Waals surface area (Å²) in [6.45, 7) is -0.0690. The summed E-state index contributed by atoms with van der Waals surface area (Å²) < 4.78 is 10.2. The summed E-state index contributed by atoms with van der Waals surface area (Å²) in [6.07, 6.45) is 0. The molecule has 2 amide bonds. The smallest absolute Gasteiger partial charge is 0.316 e. The van der Waals surface area contributed by atoms with Gasteiger partial charge in [0.1, 0.15) is 5.75 Å². The van der Waals surface area contributed by atoms with E-state index in [0.717, 1.165) is 0 Å². The number of nitrogens with zero attached hydrogens (tertiary/aromatic N) is 3. The van der Waals surface area contributed by atoms with Crippen molar-refractivity contribution in [3.8, 4) is 17.1 Å². The quantitative estimate of drug-likeness (QED) is 0.270. The second-order valence-electron chi connectivity index (χ2n) is 6.20. The highest BCUT2D eigenvalue weighted by molar-refractivity contribution is 6.35. The first kappa shape index (κ1) is 23.0. The molecule has 0 unspecified atom stereocenters. The van der Waals surface area contributed by atoms with Crippen molar-refractivity contribution in [1.29, 1.82) is 0 Å². The number of rotatable bonds is 9. The van der Waals surface area contributed by atoms with Crippen LogP contribution in [0, 0.1) is 10.1 Å². The van der Waals surface area contributed by atoms with Gasteiger partial charge < -0.3 is 19.9 Å². The summed E-state index contributed by atoms with van der Waals surface area (Å²) in [5, 5.41) is 20.3. The molecule has 0 radical (unpaired) electrons. The van der Waals surface area contributed by atoms with Gasteiger partial charge in [-0.15, -0.1) is 0 Å². The maximum Gasteiger partial charge on any atom is 0.316 e. The largest absolute Gasteiger partial charge is 0.482 e. The third kappa shape index (κ3) is 6.15. The zero-order valence-electron chi connectivity index (χ0n) is 16.2. The van der Waals surface area contributed by atoms with E-state index in [4.69, 9.17) is 32.5 Å². The molecule has 0 saturated carbocycles. The van der Waals surface area contributed by atoms with Gasteiger partial charge in [-0.1, -0.05) is 40.5 Å². The molecule has 0 aliphatic carbocycles. The second kappa shape index (κ2) is 10.6. The zero-order valence-corrected chi connectivity index (χ0v) is 17.7. The van der Waals surface area contributed by atoms with Crippen LogP contribution < -0.4 is 15.4 Å². The van der Waals surface area contributed by atoms with Crippen LogP contribution in [-0.4, -0.2) is 46.6 Å². The Bertz CT molecular complexity index is 1150. The van der Waals surface area contributed by atoms with Crippen molar-refractivity contribution in [1.82, 2.24) is 20.8 Å². The minimum Gasteiger partial charge on any atom is -0.482 e. The number of benzene rings is 2. The fraction of sp³-hybridized carbons (Fsp3) is 0.158. The lowest BCUT2D eigenvalue weighted by molar-refractivity contribution is -0.384. The topological polar surface area (TPSA) is 149 Å². The summed E-state index contributed by atoms with van der Waals surface area (Å²) in [5.74, 6) is -1.05. The number of nitrogens with one attached hydrogen (secondary N) is 2. The van der Waals surface area contributed by atoms with Gasteiger partial charge >= 0.3 is 11.8 Å². The second-order valence-corrected chi connectivity index (χ2v) is 7.04. The van der Waals surface area contributed by atoms with E-state index >= 15 is 0 Å². The van der Waals surface area contributed by atoms with Crippen LogP contribution in [0.4, 0.5) is 5.69 Å². The Kier molecular flexibility index (Phi) is 7.58. The van der Waals surface area contributed by atoms with Gasteiger partial charge in [-0.25, -0.2) is 0 Å². The van der Waals surface area contributed by atoms with Crippen molar-refractivity contribution in [3.05, 3.63) is 68.5 Å². The van der Waals surface area contributed by atoms with Crippen molar-refractivity contribution in [2.24, 2.45) is 0 Å². The minimum atomic E-state index is -0.660. The number of nitro benzene ring substituents is 1. The van der Waals surface area contributed by atoms with Gasteiger partial charge in [-0.2, -0.15) is 4.98 Å². The Morgan fingerprint density at radius 3 is 2.66 bits per heavy atom. The van der Waals surface area contributed by atoms with E-state index in [2.05, 4.69) is 20.8 Å². The van der Waals surface area contributed by atoms with Crippen LogP contribution in [-0.2, 0) is 4.79 Å². The first-order valence-electron chi connectivity index (χ1n) is 9.05. The van der Waals surface area contributed by atoms with E-state index in [-0.39, 0.29) is 42.1 Å². The normalized spacial score (nSPS) is 10.4. The Morgan fingerprint density at radius 1 is 1.12 bits per heavy atom. The van der Waals surface area contributed by atoms with Crippen LogP contribution >= 0.6 is 23.2 Å². The maximum atomic E-state index is 12.1. The molecule has 0 spiro atoms. The first-order valence-corrected chi connectivity index (χ1v) is 9.80. The number of ether oxygens (including phenoxy) is 1. The van der Waals surface area contributed by atoms with E-state index in [1.54, 1.807) is 18.2 Å². The van der Waals surface area contributed by atoms with E-state index in [9.17, 15) is 19.7 Å². The van der Waals surface area contributed by atoms with Crippen molar-refractivity contribution in [2.45, 2.75) is 0 Å². The summed E-state index contributed by atoms with van der Waals surface area (Å²) in [5.41, 5.74) is 0.186. The zero-order chi connectivity index (χ0) is 23.1. The third-order valence-corrected chi connectivity index (χ3v) is 4.45. The van der Waals surface area contributed by atoms with Crippen LogP contribution in [0.5, 0.6) is 5.75 Å². The standard InChI is InChI=1S/C19H15Cl2N5O6/c20-12-4-5-15(14(21)9-12)31-10-16(27)22-6-7-23-18(28)19-24-17(25-32-19)11-2-1-3-13(8-11)26(29)30/h1-5,8-9H,6-7,10H2,(H,22,27)(H,23,28). The molecular formula is C19H15Cl2N5O6. The summed E-state index contributed by atoms with van der Waals surface area (Å²) >= 11 is 11.7. The molecule has 3 aromatic rings. The third-order valence-electron chi connectivity index (χ3n) is 3.92. The van der Waals surface area contributed by atoms with Crippen molar-refractivity contribution < 1.29 is 23.8 Å². The van der Waals surface area contributed by atoms with Crippen LogP contribution in [0.15, 0.2) is 47.0 Å². The number of carbonyl (C=O) groups is 2. The number of non-ortho nitro benzene ring substituents is 1. The van der Waals surface area contributed by atoms with Crippen LogP contribution in [0.2, 0.25) is 10.0 Å². The molecule has 2 N–H and O–H groups in total. The van der Waals surface area contributed by atoms with E-state index in [0.29, 0.717) is 16.3 Å². The fourth-order valence-corrected chi connectivity index (χ4v) is 2.89. The van der Waals surface area contributed by atoms with E-state index in [1.807, 2.05) is 0 Å². The highest BCUT2D eigenvalue weighted by atomic mass is 35.5. The average Bonchev–Trinajstić information content (AvgIpc) is 3.26. The molecule has 13 heteroatoms. The molecule has 2 aromatic carbocycles. The van der Waals surface area contributed by atoms with Gasteiger partial charge in [-0.3, -0.25) is 19.7 Å². The van der Waals surface area contributed by atoms with Gasteiger partial charge in [-0.05, 0) is 18.2 Å². The molecule has 1 heterocycles. The number of nitro groups is 1. The summed E-state index contributed by atoms with van der Waals surface area (Å²) in [6, 6.07) is 10.2. The van der Waals surface area contributed by atoms with Gasteiger partial charge in [0.25, 0.3) is 11.6 Å². The minimum absolute atomic E-state index is 0.0326. The number of amides is 2. The van der Waals surface area contributed by atoms with E-state index in [1.165, 1.54) is 24.3 Å². The maximum absolute atomic E-state index is 12.1. The number of hydrogen-bond donors (Lipinski definition) is 2. The molecule has 0 bridgehead atoms. The predicted octanol–water partition coefficient (Wildman–Crippen LogP) is 2.88. The lowest BCUT2D eigenvalue weighted by Crippen LogP contribution is -2.36. The Morgan fingerprint density at radius 2 is 1.91 bits per heavy atom. The van der Waals surface area contributed by atoms with Crippen molar-refractivity contribution in [2.75, 3.05) is 19.7 Å². The Balaban J connectivity index is 1.43.